The monoisotopic (exact) mass is 400 g/mol. The summed E-state index contributed by atoms with van der Waals surface area (Å²) < 4.78 is 10.9. The van der Waals surface area contributed by atoms with Gasteiger partial charge in [0.25, 0.3) is 5.91 Å². The number of nitrogens with one attached hydrogen (secondary N) is 2. The number of carbonyl (C=O) groups is 1. The maximum absolute atomic E-state index is 12.6. The minimum Gasteiger partial charge on any atom is -0.497 e. The SMILES string of the molecule is COc1ccc(OC)c([C@@H]2CCC[NH+]2CC(=O)Nc2ccc(C#N)c(Cl)c2)c1. The van der Waals surface area contributed by atoms with Gasteiger partial charge >= 0.3 is 0 Å². The van der Waals surface area contributed by atoms with Gasteiger partial charge in [0.1, 0.15) is 23.6 Å². The van der Waals surface area contributed by atoms with Crippen LogP contribution in [0.2, 0.25) is 5.02 Å². The number of carbonyl (C=O) groups excluding carboxylic acids is 1. The Bertz CT molecular complexity index is 910. The molecule has 0 aromatic heterocycles. The van der Waals surface area contributed by atoms with E-state index in [9.17, 15) is 4.79 Å². The first-order chi connectivity index (χ1) is 13.5. The summed E-state index contributed by atoms with van der Waals surface area (Å²) in [6.45, 7) is 1.25. The Labute approximate surface area is 169 Å². The molecule has 28 heavy (non-hydrogen) atoms. The van der Waals surface area contributed by atoms with Crippen molar-refractivity contribution in [2.75, 3.05) is 32.6 Å². The van der Waals surface area contributed by atoms with Gasteiger partial charge in [0.2, 0.25) is 0 Å². The zero-order valence-electron chi connectivity index (χ0n) is 15.9. The molecule has 3 rings (SSSR count). The zero-order chi connectivity index (χ0) is 20.1. The lowest BCUT2D eigenvalue weighted by molar-refractivity contribution is -0.910. The second-order valence-electron chi connectivity index (χ2n) is 6.74. The Balaban J connectivity index is 1.72. The number of quaternary nitrogens is 1. The van der Waals surface area contributed by atoms with Gasteiger partial charge < -0.3 is 19.7 Å². The van der Waals surface area contributed by atoms with E-state index in [2.05, 4.69) is 5.32 Å². The van der Waals surface area contributed by atoms with Crippen molar-refractivity contribution in [2.45, 2.75) is 18.9 Å². The van der Waals surface area contributed by atoms with Crippen LogP contribution >= 0.6 is 11.6 Å². The average Bonchev–Trinajstić information content (AvgIpc) is 3.15. The van der Waals surface area contributed by atoms with E-state index in [1.165, 1.54) is 4.90 Å². The highest BCUT2D eigenvalue weighted by molar-refractivity contribution is 6.32. The first-order valence-electron chi connectivity index (χ1n) is 9.11. The van der Waals surface area contributed by atoms with Crippen molar-refractivity contribution >= 4 is 23.2 Å². The maximum Gasteiger partial charge on any atom is 0.279 e. The predicted octanol–water partition coefficient (Wildman–Crippen LogP) is 2.59. The molecule has 0 saturated carbocycles. The molecule has 7 heteroatoms. The summed E-state index contributed by atoms with van der Waals surface area (Å²) >= 11 is 6.04. The number of hydrogen-bond acceptors (Lipinski definition) is 4. The van der Waals surface area contributed by atoms with Crippen molar-refractivity contribution in [3.8, 4) is 17.6 Å². The molecule has 146 valence electrons. The predicted molar refractivity (Wildman–Crippen MR) is 107 cm³/mol. The number of hydrogen-bond donors (Lipinski definition) is 2. The van der Waals surface area contributed by atoms with E-state index in [1.54, 1.807) is 32.4 Å². The second kappa shape index (κ2) is 8.96. The fourth-order valence-electron chi connectivity index (χ4n) is 3.71. The first-order valence-corrected chi connectivity index (χ1v) is 9.49. The van der Waals surface area contributed by atoms with Gasteiger partial charge in [-0.05, 0) is 36.4 Å². The third kappa shape index (κ3) is 4.38. The highest BCUT2D eigenvalue weighted by Crippen LogP contribution is 2.31. The number of ether oxygens (including phenoxy) is 2. The molecule has 2 N–H and O–H groups in total. The number of rotatable bonds is 6. The van der Waals surface area contributed by atoms with Gasteiger partial charge in [0.15, 0.2) is 6.54 Å². The van der Waals surface area contributed by atoms with Gasteiger partial charge in [-0.3, -0.25) is 4.79 Å². The van der Waals surface area contributed by atoms with Gasteiger partial charge in [0.05, 0.1) is 36.9 Å². The van der Waals surface area contributed by atoms with Crippen molar-refractivity contribution in [1.82, 2.24) is 0 Å². The molecule has 1 fully saturated rings. The molecule has 2 aromatic rings. The number of amides is 1. The molecule has 1 aliphatic rings. The summed E-state index contributed by atoms with van der Waals surface area (Å²) in [4.78, 5) is 13.8. The lowest BCUT2D eigenvalue weighted by Gasteiger charge is -2.23. The zero-order valence-corrected chi connectivity index (χ0v) is 16.7. The molecular weight excluding hydrogens is 378 g/mol. The lowest BCUT2D eigenvalue weighted by Crippen LogP contribution is -3.11. The molecule has 0 bridgehead atoms. The van der Waals surface area contributed by atoms with E-state index in [4.69, 9.17) is 26.3 Å². The first kappa shape index (κ1) is 20.0. The highest BCUT2D eigenvalue weighted by atomic mass is 35.5. The Morgan fingerprint density at radius 1 is 1.29 bits per heavy atom. The van der Waals surface area contributed by atoms with E-state index in [0.29, 0.717) is 22.8 Å². The largest absolute Gasteiger partial charge is 0.497 e. The van der Waals surface area contributed by atoms with Crippen LogP contribution in [0.25, 0.3) is 0 Å². The van der Waals surface area contributed by atoms with Crippen LogP contribution in [-0.4, -0.2) is 33.2 Å². The number of anilines is 1. The third-order valence-corrected chi connectivity index (χ3v) is 5.37. The van der Waals surface area contributed by atoms with Gasteiger partial charge in [-0.2, -0.15) is 5.26 Å². The smallest absolute Gasteiger partial charge is 0.279 e. The van der Waals surface area contributed by atoms with Crippen molar-refractivity contribution in [1.29, 1.82) is 5.26 Å². The molecule has 1 amide bonds. The van der Waals surface area contributed by atoms with Gasteiger partial charge in [0, 0.05) is 18.5 Å². The number of benzene rings is 2. The molecule has 1 heterocycles. The molecule has 0 aliphatic carbocycles. The standard InChI is InChI=1S/C21H22ClN3O3/c1-27-16-7-8-20(28-2)17(11-16)19-4-3-9-25(19)13-21(26)24-15-6-5-14(12-23)18(22)10-15/h5-8,10-11,19H,3-4,9,13H2,1-2H3,(H,24,26)/p+1/t19-/m0/s1. The molecule has 6 nitrogen and oxygen atoms in total. The number of methoxy groups -OCH3 is 2. The molecular formula is C21H23ClN3O3+. The number of nitriles is 1. The van der Waals surface area contributed by atoms with E-state index in [0.717, 1.165) is 36.4 Å². The van der Waals surface area contributed by atoms with Crippen molar-refractivity contribution in [3.63, 3.8) is 0 Å². The van der Waals surface area contributed by atoms with Crippen LogP contribution in [-0.2, 0) is 4.79 Å². The van der Waals surface area contributed by atoms with Crippen LogP contribution in [0.4, 0.5) is 5.69 Å². The summed E-state index contributed by atoms with van der Waals surface area (Å²) in [6, 6.07) is 12.8. The summed E-state index contributed by atoms with van der Waals surface area (Å²) in [5.74, 6) is 1.49. The molecule has 1 saturated heterocycles. The number of nitrogens with zero attached hydrogens (tertiary/aromatic N) is 1. The second-order valence-corrected chi connectivity index (χ2v) is 7.15. The topological polar surface area (TPSA) is 75.8 Å². The number of halogens is 1. The molecule has 1 unspecified atom stereocenters. The van der Waals surface area contributed by atoms with Crippen LogP contribution in [0, 0.1) is 11.3 Å². The molecule has 2 atom stereocenters. The van der Waals surface area contributed by atoms with Gasteiger partial charge in [-0.25, -0.2) is 0 Å². The van der Waals surface area contributed by atoms with Crippen LogP contribution < -0.4 is 19.7 Å². The van der Waals surface area contributed by atoms with Crippen LogP contribution in [0.5, 0.6) is 11.5 Å². The van der Waals surface area contributed by atoms with Crippen LogP contribution in [0.1, 0.15) is 30.0 Å². The van der Waals surface area contributed by atoms with Crippen LogP contribution in [0.3, 0.4) is 0 Å². The highest BCUT2D eigenvalue weighted by Gasteiger charge is 2.34. The summed E-state index contributed by atoms with van der Waals surface area (Å²) in [6.07, 6.45) is 2.02. The van der Waals surface area contributed by atoms with Crippen LogP contribution in [0.15, 0.2) is 36.4 Å². The Kier molecular flexibility index (Phi) is 6.40. The van der Waals surface area contributed by atoms with Gasteiger partial charge in [-0.1, -0.05) is 11.6 Å². The molecule has 1 aliphatic heterocycles. The Hall–Kier alpha value is -2.75. The van der Waals surface area contributed by atoms with E-state index < -0.39 is 0 Å². The summed E-state index contributed by atoms with van der Waals surface area (Å²) in [5, 5.41) is 12.2. The molecule has 2 aromatic carbocycles. The summed E-state index contributed by atoms with van der Waals surface area (Å²) in [7, 11) is 3.29. The van der Waals surface area contributed by atoms with E-state index in [-0.39, 0.29) is 11.9 Å². The minimum absolute atomic E-state index is 0.0930. The van der Waals surface area contributed by atoms with E-state index in [1.807, 2.05) is 24.3 Å². The minimum atomic E-state index is -0.0930. The van der Waals surface area contributed by atoms with Gasteiger partial charge in [-0.15, -0.1) is 0 Å². The van der Waals surface area contributed by atoms with Crippen molar-refractivity contribution < 1.29 is 19.2 Å². The third-order valence-electron chi connectivity index (χ3n) is 5.06. The summed E-state index contributed by atoms with van der Waals surface area (Å²) in [5.41, 5.74) is 2.03. The molecule has 0 radical (unpaired) electrons. The molecule has 0 spiro atoms. The fourth-order valence-corrected chi connectivity index (χ4v) is 3.93. The Morgan fingerprint density at radius 2 is 2.11 bits per heavy atom. The lowest BCUT2D eigenvalue weighted by atomic mass is 10.0. The normalized spacial score (nSPS) is 18.4. The Morgan fingerprint density at radius 3 is 2.79 bits per heavy atom. The maximum atomic E-state index is 12.6. The van der Waals surface area contributed by atoms with E-state index >= 15 is 0 Å². The quantitative estimate of drug-likeness (QED) is 0.781. The number of likely N-dealkylation sites (tertiary alicyclic amines) is 1. The van der Waals surface area contributed by atoms with Crippen molar-refractivity contribution in [2.24, 2.45) is 0 Å². The van der Waals surface area contributed by atoms with Crippen molar-refractivity contribution in [3.05, 3.63) is 52.5 Å². The fraction of sp³-hybridized carbons (Fsp3) is 0.333. The average molecular weight is 401 g/mol.